The summed E-state index contributed by atoms with van der Waals surface area (Å²) in [6, 6.07) is -0.834. The van der Waals surface area contributed by atoms with Crippen LogP contribution in [0.2, 0.25) is 0 Å². The minimum absolute atomic E-state index is 0.0629. The molecule has 0 aliphatic carbocycles. The molecule has 3 N–H and O–H groups in total. The second-order valence-electron chi connectivity index (χ2n) is 11.8. The maximum atomic E-state index is 12.5. The van der Waals surface area contributed by atoms with Crippen LogP contribution < -0.4 is 5.32 Å². The van der Waals surface area contributed by atoms with E-state index in [2.05, 4.69) is 19.2 Å². The second kappa shape index (κ2) is 23.9. The molecule has 232 valence electrons. The average Bonchev–Trinajstić information content (AvgIpc) is 2.86. The average molecular weight is 578 g/mol. The van der Waals surface area contributed by atoms with Crippen molar-refractivity contribution in [3.63, 3.8) is 0 Å². The first kappa shape index (κ1) is 38.2. The number of nitrogens with one attached hydrogen (secondary N) is 1. The number of hydrogen-bond donors (Lipinski definition) is 3. The second-order valence-corrected chi connectivity index (χ2v) is 13.3. The first-order valence-corrected chi connectivity index (χ1v) is 17.1. The Kier molecular flexibility index (Phi) is 23.4. The topological polar surface area (TPSA) is 105 Å². The highest BCUT2D eigenvalue weighted by molar-refractivity contribution is 7.47. The van der Waals surface area contributed by atoms with Crippen LogP contribution in [0.1, 0.15) is 123 Å². The van der Waals surface area contributed by atoms with Gasteiger partial charge in [0.05, 0.1) is 39.9 Å². The summed E-state index contributed by atoms with van der Waals surface area (Å²) in [5, 5.41) is 13.5. The molecule has 0 bridgehead atoms. The van der Waals surface area contributed by atoms with Gasteiger partial charge in [0.15, 0.2) is 0 Å². The summed E-state index contributed by atoms with van der Waals surface area (Å²) in [6.07, 6.45) is 21.6. The number of phosphoric acid groups is 1. The van der Waals surface area contributed by atoms with E-state index < -0.39 is 20.0 Å². The van der Waals surface area contributed by atoms with E-state index in [9.17, 15) is 19.4 Å². The number of aliphatic hydroxyl groups is 1. The normalized spacial score (nSPS) is 15.4. The predicted molar refractivity (Wildman–Crippen MR) is 162 cm³/mol. The molecular weight excluding hydrogens is 515 g/mol. The van der Waals surface area contributed by atoms with E-state index in [1.165, 1.54) is 51.4 Å². The third kappa shape index (κ3) is 25.9. The molecule has 0 radical (unpaired) electrons. The molecule has 1 amide bonds. The van der Waals surface area contributed by atoms with Gasteiger partial charge in [-0.25, -0.2) is 4.57 Å². The Balaban J connectivity index is 4.60. The van der Waals surface area contributed by atoms with E-state index in [1.807, 2.05) is 27.2 Å². The van der Waals surface area contributed by atoms with Gasteiger partial charge >= 0.3 is 7.82 Å². The summed E-state index contributed by atoms with van der Waals surface area (Å²) < 4.78 is 23.2. The van der Waals surface area contributed by atoms with Crippen LogP contribution in [0.5, 0.6) is 0 Å². The van der Waals surface area contributed by atoms with Crippen LogP contribution in [0.25, 0.3) is 0 Å². The minimum atomic E-state index is -4.30. The molecule has 0 saturated heterocycles. The molecule has 3 unspecified atom stereocenters. The number of carbonyl (C=O) groups excluding carboxylic acids is 1. The standard InChI is InChI=1S/C30H61N2O6P/c1-6-8-10-12-13-14-15-16-17-18-20-21-23-29(33)28(31-30(34)24-22-19-11-9-7-2)27-38-39(35,36)37-26-25-32(3,4)5/h21,23,28-29,33H,6-20,22,24-27H2,1-5H3,(H-,31,34,35,36)/p+1/b23-21+. The monoisotopic (exact) mass is 577 g/mol. The molecule has 8 nitrogen and oxygen atoms in total. The summed E-state index contributed by atoms with van der Waals surface area (Å²) in [7, 11) is 1.57. The first-order valence-electron chi connectivity index (χ1n) is 15.6. The number of aliphatic hydroxyl groups excluding tert-OH is 1. The van der Waals surface area contributed by atoms with E-state index >= 15 is 0 Å². The van der Waals surface area contributed by atoms with Crippen LogP contribution in [0.4, 0.5) is 0 Å². The zero-order valence-electron chi connectivity index (χ0n) is 25.9. The van der Waals surface area contributed by atoms with Crippen LogP contribution in [-0.2, 0) is 18.4 Å². The van der Waals surface area contributed by atoms with Crippen LogP contribution in [0.3, 0.4) is 0 Å². The molecule has 0 saturated carbocycles. The molecule has 0 aliphatic rings. The molecule has 0 rings (SSSR count). The Labute approximate surface area is 240 Å². The van der Waals surface area contributed by atoms with Crippen molar-refractivity contribution in [2.45, 2.75) is 135 Å². The highest BCUT2D eigenvalue weighted by atomic mass is 31.2. The lowest BCUT2D eigenvalue weighted by Crippen LogP contribution is -2.45. The van der Waals surface area contributed by atoms with Crippen molar-refractivity contribution >= 4 is 13.7 Å². The van der Waals surface area contributed by atoms with E-state index in [0.717, 1.165) is 51.4 Å². The van der Waals surface area contributed by atoms with Crippen molar-refractivity contribution in [1.82, 2.24) is 5.32 Å². The van der Waals surface area contributed by atoms with Crippen molar-refractivity contribution in [3.8, 4) is 0 Å². The number of hydrogen-bond acceptors (Lipinski definition) is 5. The quantitative estimate of drug-likeness (QED) is 0.0425. The fraction of sp³-hybridized carbons (Fsp3) is 0.900. The number of nitrogens with zero attached hydrogens (tertiary/aromatic N) is 1. The molecule has 0 aliphatic heterocycles. The molecule has 0 fully saturated rings. The third-order valence-electron chi connectivity index (χ3n) is 6.76. The number of likely N-dealkylation sites (N-methyl/N-ethyl adjacent to an activating group) is 1. The Morgan fingerprint density at radius 1 is 0.846 bits per heavy atom. The van der Waals surface area contributed by atoms with Crippen molar-refractivity contribution in [1.29, 1.82) is 0 Å². The summed E-state index contributed by atoms with van der Waals surface area (Å²) in [4.78, 5) is 22.6. The van der Waals surface area contributed by atoms with Crippen LogP contribution >= 0.6 is 7.82 Å². The predicted octanol–water partition coefficient (Wildman–Crippen LogP) is 6.90. The highest BCUT2D eigenvalue weighted by Crippen LogP contribution is 2.43. The van der Waals surface area contributed by atoms with Crippen LogP contribution in [0, 0.1) is 0 Å². The lowest BCUT2D eigenvalue weighted by atomic mass is 10.1. The van der Waals surface area contributed by atoms with E-state index in [-0.39, 0.29) is 19.1 Å². The van der Waals surface area contributed by atoms with Gasteiger partial charge in [-0.1, -0.05) is 109 Å². The molecule has 0 spiro atoms. The maximum Gasteiger partial charge on any atom is 0.472 e. The number of quaternary nitrogens is 1. The summed E-state index contributed by atoms with van der Waals surface area (Å²) in [5.41, 5.74) is 0. The molecule has 0 aromatic carbocycles. The van der Waals surface area contributed by atoms with Gasteiger partial charge in [0.25, 0.3) is 0 Å². The lowest BCUT2D eigenvalue weighted by Gasteiger charge is -2.25. The molecule has 9 heteroatoms. The number of carbonyl (C=O) groups is 1. The highest BCUT2D eigenvalue weighted by Gasteiger charge is 2.27. The van der Waals surface area contributed by atoms with Crippen molar-refractivity contribution < 1.29 is 32.9 Å². The van der Waals surface area contributed by atoms with Gasteiger partial charge in [0.2, 0.25) is 5.91 Å². The van der Waals surface area contributed by atoms with Crippen molar-refractivity contribution in [2.75, 3.05) is 40.9 Å². The SMILES string of the molecule is CCCCCCCCCCCC/C=C/C(O)C(COP(=O)(O)OCC[N+](C)(C)C)NC(=O)CCCCCCC. The van der Waals surface area contributed by atoms with Gasteiger partial charge in [-0.15, -0.1) is 0 Å². The number of phosphoric ester groups is 1. The zero-order valence-corrected chi connectivity index (χ0v) is 26.8. The largest absolute Gasteiger partial charge is 0.472 e. The first-order chi connectivity index (χ1) is 18.5. The molecule has 0 aromatic heterocycles. The van der Waals surface area contributed by atoms with Gasteiger partial charge in [-0.2, -0.15) is 0 Å². The van der Waals surface area contributed by atoms with Gasteiger partial charge < -0.3 is 19.8 Å². The molecule has 3 atom stereocenters. The third-order valence-corrected chi connectivity index (χ3v) is 7.74. The Morgan fingerprint density at radius 2 is 1.36 bits per heavy atom. The van der Waals surface area contributed by atoms with Gasteiger partial charge in [-0.05, 0) is 19.3 Å². The van der Waals surface area contributed by atoms with E-state index in [4.69, 9.17) is 9.05 Å². The summed E-state index contributed by atoms with van der Waals surface area (Å²) in [5.74, 6) is -0.194. The van der Waals surface area contributed by atoms with E-state index in [0.29, 0.717) is 17.4 Å². The minimum Gasteiger partial charge on any atom is -0.387 e. The smallest absolute Gasteiger partial charge is 0.387 e. The van der Waals surface area contributed by atoms with Gasteiger partial charge in [-0.3, -0.25) is 13.8 Å². The Hall–Kier alpha value is -0.760. The molecule has 0 aromatic rings. The number of amides is 1. The van der Waals surface area contributed by atoms with Crippen molar-refractivity contribution in [2.24, 2.45) is 0 Å². The summed E-state index contributed by atoms with van der Waals surface area (Å²) in [6.45, 7) is 4.67. The zero-order chi connectivity index (χ0) is 29.4. The van der Waals surface area contributed by atoms with Crippen molar-refractivity contribution in [3.05, 3.63) is 12.2 Å². The number of unbranched alkanes of at least 4 members (excludes halogenated alkanes) is 14. The fourth-order valence-electron chi connectivity index (χ4n) is 4.15. The molecule has 39 heavy (non-hydrogen) atoms. The fourth-order valence-corrected chi connectivity index (χ4v) is 4.89. The van der Waals surface area contributed by atoms with Crippen LogP contribution in [0.15, 0.2) is 12.2 Å². The number of allylic oxidation sites excluding steroid dienone is 1. The maximum absolute atomic E-state index is 12.5. The lowest BCUT2D eigenvalue weighted by molar-refractivity contribution is -0.870. The molecular formula is C30H62N2O6P+. The Morgan fingerprint density at radius 3 is 1.90 bits per heavy atom. The van der Waals surface area contributed by atoms with Gasteiger partial charge in [0.1, 0.15) is 13.2 Å². The summed E-state index contributed by atoms with van der Waals surface area (Å²) >= 11 is 0. The number of rotatable bonds is 27. The van der Waals surface area contributed by atoms with Gasteiger partial charge in [0, 0.05) is 6.42 Å². The van der Waals surface area contributed by atoms with E-state index in [1.54, 1.807) is 6.08 Å². The Bertz CT molecular complexity index is 668. The molecule has 0 heterocycles. The van der Waals surface area contributed by atoms with Crippen LogP contribution in [-0.4, -0.2) is 73.4 Å².